The van der Waals surface area contributed by atoms with Crippen LogP contribution in [0.3, 0.4) is 0 Å². The van der Waals surface area contributed by atoms with Gasteiger partial charge in [0.15, 0.2) is 0 Å². The van der Waals surface area contributed by atoms with Crippen LogP contribution < -0.4 is 5.32 Å². The lowest BCUT2D eigenvalue weighted by atomic mass is 10.1. The molecule has 0 spiro atoms. The van der Waals surface area contributed by atoms with Crippen LogP contribution in [-0.2, 0) is 4.74 Å². The normalized spacial score (nSPS) is 18.4. The molecule has 0 bridgehead atoms. The van der Waals surface area contributed by atoms with Crippen LogP contribution in [-0.4, -0.2) is 65.3 Å². The molecular formula is C18H26N4O2. The molecule has 3 rings (SSSR count). The van der Waals surface area contributed by atoms with Crippen molar-refractivity contribution in [3.05, 3.63) is 48.3 Å². The van der Waals surface area contributed by atoms with Crippen molar-refractivity contribution < 1.29 is 9.84 Å². The van der Waals surface area contributed by atoms with Crippen LogP contribution in [0.5, 0.6) is 0 Å². The highest BCUT2D eigenvalue weighted by Crippen LogP contribution is 2.15. The number of ether oxygens (including phenoxy) is 1. The number of benzene rings is 1. The molecule has 2 aromatic rings. The van der Waals surface area contributed by atoms with Gasteiger partial charge in [0.05, 0.1) is 25.0 Å². The highest BCUT2D eigenvalue weighted by molar-refractivity contribution is 5.34. The molecule has 1 fully saturated rings. The highest BCUT2D eigenvalue weighted by atomic mass is 16.5. The number of hydrogen-bond acceptors (Lipinski definition) is 5. The maximum Gasteiger partial charge on any atom is 0.0791 e. The van der Waals surface area contributed by atoms with E-state index in [-0.39, 0.29) is 12.1 Å². The smallest absolute Gasteiger partial charge is 0.0791 e. The fourth-order valence-corrected chi connectivity index (χ4v) is 2.91. The number of morpholine rings is 1. The Hall–Kier alpha value is -1.73. The van der Waals surface area contributed by atoms with Crippen molar-refractivity contribution in [1.82, 2.24) is 20.0 Å². The fourth-order valence-electron chi connectivity index (χ4n) is 2.91. The molecule has 1 aliphatic heterocycles. The van der Waals surface area contributed by atoms with Crippen molar-refractivity contribution in [1.29, 1.82) is 0 Å². The largest absolute Gasteiger partial charge is 0.390 e. The molecule has 1 aromatic heterocycles. The number of nitrogens with zero attached hydrogens (tertiary/aromatic N) is 3. The van der Waals surface area contributed by atoms with Gasteiger partial charge in [-0.15, -0.1) is 0 Å². The molecule has 24 heavy (non-hydrogen) atoms. The zero-order valence-electron chi connectivity index (χ0n) is 14.1. The average molecular weight is 330 g/mol. The molecule has 1 aliphatic rings. The summed E-state index contributed by atoms with van der Waals surface area (Å²) in [6.07, 6.45) is 3.33. The van der Waals surface area contributed by atoms with Crippen molar-refractivity contribution >= 4 is 0 Å². The molecule has 0 amide bonds. The van der Waals surface area contributed by atoms with Gasteiger partial charge >= 0.3 is 0 Å². The first-order chi connectivity index (χ1) is 11.7. The molecule has 1 aromatic carbocycles. The minimum atomic E-state index is -0.367. The quantitative estimate of drug-likeness (QED) is 0.799. The van der Waals surface area contributed by atoms with Gasteiger partial charge in [0, 0.05) is 44.6 Å². The molecular weight excluding hydrogens is 304 g/mol. The van der Waals surface area contributed by atoms with Gasteiger partial charge < -0.3 is 15.2 Å². The Balaban J connectivity index is 1.46. The van der Waals surface area contributed by atoms with E-state index in [2.05, 4.69) is 46.5 Å². The van der Waals surface area contributed by atoms with Crippen LogP contribution in [0.15, 0.2) is 42.7 Å². The van der Waals surface area contributed by atoms with E-state index < -0.39 is 0 Å². The summed E-state index contributed by atoms with van der Waals surface area (Å²) in [5.41, 5.74) is 2.24. The van der Waals surface area contributed by atoms with Gasteiger partial charge in [0.2, 0.25) is 0 Å². The molecule has 0 aliphatic carbocycles. The zero-order chi connectivity index (χ0) is 16.8. The standard InChI is InChI=1S/C18H26N4O2/c1-15(19-13-18(23)14-21-9-11-24-12-10-21)16-3-5-17(6-4-16)22-8-2-7-20-22/h2-8,15,18-19,23H,9-14H2,1H3. The third-order valence-corrected chi connectivity index (χ3v) is 4.39. The molecule has 6 nitrogen and oxygen atoms in total. The number of rotatable bonds is 7. The van der Waals surface area contributed by atoms with Gasteiger partial charge in [-0.25, -0.2) is 4.68 Å². The first-order valence-corrected chi connectivity index (χ1v) is 8.54. The Bertz CT molecular complexity index is 594. The summed E-state index contributed by atoms with van der Waals surface area (Å²) < 4.78 is 7.17. The summed E-state index contributed by atoms with van der Waals surface area (Å²) in [4.78, 5) is 2.25. The second kappa shape index (κ2) is 8.39. The lowest BCUT2D eigenvalue weighted by Crippen LogP contribution is -2.44. The minimum absolute atomic E-state index is 0.191. The molecule has 130 valence electrons. The van der Waals surface area contributed by atoms with Gasteiger partial charge in [-0.05, 0) is 30.7 Å². The van der Waals surface area contributed by atoms with Crippen LogP contribution in [0.4, 0.5) is 0 Å². The molecule has 2 N–H and O–H groups in total. The van der Waals surface area contributed by atoms with E-state index in [1.54, 1.807) is 6.20 Å². The summed E-state index contributed by atoms with van der Waals surface area (Å²) in [7, 11) is 0. The fraction of sp³-hybridized carbons (Fsp3) is 0.500. The molecule has 1 saturated heterocycles. The molecule has 2 heterocycles. The van der Waals surface area contributed by atoms with Crippen LogP contribution >= 0.6 is 0 Å². The van der Waals surface area contributed by atoms with E-state index in [9.17, 15) is 5.11 Å². The predicted octanol–water partition coefficient (Wildman–Crippen LogP) is 1.22. The Kier molecular flexibility index (Phi) is 5.98. The Morgan fingerprint density at radius 2 is 2.00 bits per heavy atom. The van der Waals surface area contributed by atoms with E-state index in [4.69, 9.17) is 4.74 Å². The van der Waals surface area contributed by atoms with Crippen LogP contribution in [0.1, 0.15) is 18.5 Å². The number of hydrogen-bond donors (Lipinski definition) is 2. The monoisotopic (exact) mass is 330 g/mol. The first kappa shape index (κ1) is 17.1. The van der Waals surface area contributed by atoms with E-state index >= 15 is 0 Å². The third kappa shape index (κ3) is 4.64. The number of aliphatic hydroxyl groups excluding tert-OH is 1. The predicted molar refractivity (Wildman–Crippen MR) is 93.2 cm³/mol. The number of nitrogens with one attached hydrogen (secondary N) is 1. The van der Waals surface area contributed by atoms with E-state index in [1.807, 2.05) is 16.9 Å². The van der Waals surface area contributed by atoms with Gasteiger partial charge in [0.25, 0.3) is 0 Å². The SMILES string of the molecule is CC(NCC(O)CN1CCOCC1)c1ccc(-n2cccn2)cc1. The average Bonchev–Trinajstić information content (AvgIpc) is 3.15. The van der Waals surface area contributed by atoms with Crippen LogP contribution in [0.2, 0.25) is 0 Å². The second-order valence-corrected chi connectivity index (χ2v) is 6.24. The summed E-state index contributed by atoms with van der Waals surface area (Å²) in [6, 6.07) is 10.4. The maximum atomic E-state index is 10.2. The van der Waals surface area contributed by atoms with Crippen molar-refractivity contribution in [2.24, 2.45) is 0 Å². The molecule has 0 radical (unpaired) electrons. The molecule has 0 saturated carbocycles. The number of β-amino-alcohol motifs (C(OH)–C–C–N with tert-alkyl or cyclic N) is 1. The van der Waals surface area contributed by atoms with Gasteiger partial charge in [0.1, 0.15) is 0 Å². The Labute approximate surface area is 143 Å². The van der Waals surface area contributed by atoms with Crippen molar-refractivity contribution in [3.8, 4) is 5.69 Å². The molecule has 2 atom stereocenters. The highest BCUT2D eigenvalue weighted by Gasteiger charge is 2.15. The molecule has 2 unspecified atom stereocenters. The van der Waals surface area contributed by atoms with Crippen molar-refractivity contribution in [2.75, 3.05) is 39.4 Å². The van der Waals surface area contributed by atoms with E-state index in [0.717, 1.165) is 32.0 Å². The van der Waals surface area contributed by atoms with Gasteiger partial charge in [-0.2, -0.15) is 5.10 Å². The van der Waals surface area contributed by atoms with Crippen LogP contribution in [0.25, 0.3) is 5.69 Å². The summed E-state index contributed by atoms with van der Waals surface area (Å²) in [6.45, 7) is 6.73. The van der Waals surface area contributed by atoms with Crippen LogP contribution in [0, 0.1) is 0 Å². The lowest BCUT2D eigenvalue weighted by molar-refractivity contribution is 0.0145. The number of aromatic nitrogens is 2. The lowest BCUT2D eigenvalue weighted by Gasteiger charge is -2.29. The van der Waals surface area contributed by atoms with E-state index in [0.29, 0.717) is 13.1 Å². The Morgan fingerprint density at radius 3 is 2.67 bits per heavy atom. The van der Waals surface area contributed by atoms with Crippen molar-refractivity contribution in [2.45, 2.75) is 19.1 Å². The zero-order valence-corrected chi connectivity index (χ0v) is 14.1. The van der Waals surface area contributed by atoms with Gasteiger partial charge in [-0.1, -0.05) is 12.1 Å². The number of aliphatic hydroxyl groups is 1. The second-order valence-electron chi connectivity index (χ2n) is 6.24. The van der Waals surface area contributed by atoms with Gasteiger partial charge in [-0.3, -0.25) is 4.90 Å². The maximum absolute atomic E-state index is 10.2. The van der Waals surface area contributed by atoms with Crippen molar-refractivity contribution in [3.63, 3.8) is 0 Å². The molecule has 6 heteroatoms. The minimum Gasteiger partial charge on any atom is -0.390 e. The first-order valence-electron chi connectivity index (χ1n) is 8.54. The third-order valence-electron chi connectivity index (χ3n) is 4.39. The summed E-state index contributed by atoms with van der Waals surface area (Å²) in [5.74, 6) is 0. The van der Waals surface area contributed by atoms with E-state index in [1.165, 1.54) is 5.56 Å². The summed E-state index contributed by atoms with van der Waals surface area (Å²) in [5, 5.41) is 17.9. The Morgan fingerprint density at radius 1 is 1.25 bits per heavy atom. The topological polar surface area (TPSA) is 62.6 Å². The summed E-state index contributed by atoms with van der Waals surface area (Å²) >= 11 is 0.